The molecule has 6 nitrogen and oxygen atoms in total. The standard InChI is InChI=1S/C22H31F3N4O2/c23-22(24,25)19-7-1-8-26-20(19)29-10-2-5-17(15-29)21(30)28-11-4-9-27(12-13-28)16-18-6-3-14-31-18/h1,7-8,17-18H,2-6,9-16H2/t17-,18-/m1/s1. The molecule has 3 fully saturated rings. The van der Waals surface area contributed by atoms with Crippen LogP contribution in [-0.2, 0) is 15.7 Å². The Morgan fingerprint density at radius 2 is 1.97 bits per heavy atom. The molecule has 0 saturated carbocycles. The van der Waals surface area contributed by atoms with Crippen molar-refractivity contribution in [3.8, 4) is 0 Å². The van der Waals surface area contributed by atoms with Crippen LogP contribution in [0.2, 0.25) is 0 Å². The first-order valence-electron chi connectivity index (χ1n) is 11.3. The van der Waals surface area contributed by atoms with Gasteiger partial charge in [0.05, 0.1) is 17.6 Å². The van der Waals surface area contributed by atoms with Gasteiger partial charge in [0, 0.05) is 52.1 Å². The molecule has 3 aliphatic heterocycles. The molecule has 172 valence electrons. The second kappa shape index (κ2) is 9.73. The molecule has 0 spiro atoms. The van der Waals surface area contributed by atoms with E-state index < -0.39 is 11.7 Å². The lowest BCUT2D eigenvalue weighted by Crippen LogP contribution is -2.46. The van der Waals surface area contributed by atoms with Crippen LogP contribution in [-0.4, -0.2) is 79.2 Å². The van der Waals surface area contributed by atoms with Gasteiger partial charge in [-0.05, 0) is 50.8 Å². The number of alkyl halides is 3. The minimum atomic E-state index is -4.46. The monoisotopic (exact) mass is 440 g/mol. The third kappa shape index (κ3) is 5.49. The van der Waals surface area contributed by atoms with Gasteiger partial charge in [-0.15, -0.1) is 0 Å². The summed E-state index contributed by atoms with van der Waals surface area (Å²) in [4.78, 5) is 23.2. The lowest BCUT2D eigenvalue weighted by molar-refractivity contribution is -0.137. The molecule has 0 N–H and O–H groups in total. The number of hydrogen-bond donors (Lipinski definition) is 0. The topological polar surface area (TPSA) is 48.9 Å². The summed E-state index contributed by atoms with van der Waals surface area (Å²) >= 11 is 0. The summed E-state index contributed by atoms with van der Waals surface area (Å²) in [7, 11) is 0. The molecule has 0 aliphatic carbocycles. The van der Waals surface area contributed by atoms with Gasteiger partial charge in [0.25, 0.3) is 0 Å². The number of hydrogen-bond acceptors (Lipinski definition) is 5. The van der Waals surface area contributed by atoms with Crippen LogP contribution in [0.1, 0.15) is 37.7 Å². The zero-order chi connectivity index (χ0) is 21.8. The molecule has 2 atom stereocenters. The zero-order valence-corrected chi connectivity index (χ0v) is 17.8. The quantitative estimate of drug-likeness (QED) is 0.721. The second-order valence-corrected chi connectivity index (χ2v) is 8.77. The van der Waals surface area contributed by atoms with Crippen LogP contribution in [0.15, 0.2) is 18.3 Å². The smallest absolute Gasteiger partial charge is 0.377 e. The van der Waals surface area contributed by atoms with Gasteiger partial charge in [-0.2, -0.15) is 13.2 Å². The summed E-state index contributed by atoms with van der Waals surface area (Å²) in [5, 5.41) is 0. The van der Waals surface area contributed by atoms with Gasteiger partial charge in [-0.1, -0.05) is 0 Å². The minimum Gasteiger partial charge on any atom is -0.377 e. The summed E-state index contributed by atoms with van der Waals surface area (Å²) in [6, 6.07) is 2.36. The number of nitrogens with zero attached hydrogens (tertiary/aromatic N) is 4. The first kappa shape index (κ1) is 22.3. The van der Waals surface area contributed by atoms with E-state index in [0.717, 1.165) is 51.6 Å². The molecule has 1 aromatic heterocycles. The van der Waals surface area contributed by atoms with Crippen molar-refractivity contribution in [3.05, 3.63) is 23.9 Å². The Bertz CT molecular complexity index is 755. The molecule has 1 aromatic rings. The summed E-state index contributed by atoms with van der Waals surface area (Å²) in [6.07, 6.45) is 1.75. The van der Waals surface area contributed by atoms with Gasteiger partial charge in [0.2, 0.25) is 5.91 Å². The number of piperidine rings is 1. The Labute approximate surface area is 181 Å². The maximum Gasteiger partial charge on any atom is 0.419 e. The van der Waals surface area contributed by atoms with E-state index in [2.05, 4.69) is 9.88 Å². The highest BCUT2D eigenvalue weighted by atomic mass is 19.4. The largest absolute Gasteiger partial charge is 0.419 e. The molecule has 0 radical (unpaired) electrons. The maximum atomic E-state index is 13.4. The molecule has 9 heteroatoms. The lowest BCUT2D eigenvalue weighted by atomic mass is 9.96. The van der Waals surface area contributed by atoms with Crippen LogP contribution in [0.25, 0.3) is 0 Å². The highest BCUT2D eigenvalue weighted by Gasteiger charge is 2.38. The van der Waals surface area contributed by atoms with E-state index in [4.69, 9.17) is 4.74 Å². The number of carbonyl (C=O) groups excluding carboxylic acids is 1. The first-order chi connectivity index (χ1) is 14.9. The number of halogens is 3. The highest BCUT2D eigenvalue weighted by molar-refractivity contribution is 5.80. The Morgan fingerprint density at radius 1 is 1.10 bits per heavy atom. The second-order valence-electron chi connectivity index (χ2n) is 8.77. The molecule has 4 rings (SSSR count). The third-order valence-corrected chi connectivity index (χ3v) is 6.55. The van der Waals surface area contributed by atoms with Crippen LogP contribution >= 0.6 is 0 Å². The van der Waals surface area contributed by atoms with Gasteiger partial charge < -0.3 is 14.5 Å². The normalized spacial score (nSPS) is 26.2. The van der Waals surface area contributed by atoms with E-state index in [1.165, 1.54) is 12.3 Å². The zero-order valence-electron chi connectivity index (χ0n) is 17.8. The van der Waals surface area contributed by atoms with Crippen LogP contribution in [0.4, 0.5) is 19.0 Å². The van der Waals surface area contributed by atoms with Crippen LogP contribution < -0.4 is 4.90 Å². The maximum absolute atomic E-state index is 13.4. The number of aromatic nitrogens is 1. The van der Waals surface area contributed by atoms with Crippen molar-refractivity contribution in [1.29, 1.82) is 0 Å². The molecule has 1 amide bonds. The fourth-order valence-electron chi connectivity index (χ4n) is 4.95. The first-order valence-corrected chi connectivity index (χ1v) is 11.3. The van der Waals surface area contributed by atoms with E-state index in [1.807, 2.05) is 4.90 Å². The number of carbonyl (C=O) groups is 1. The van der Waals surface area contributed by atoms with Gasteiger partial charge in [-0.25, -0.2) is 4.98 Å². The van der Waals surface area contributed by atoms with Crippen molar-refractivity contribution >= 4 is 11.7 Å². The number of anilines is 1. The van der Waals surface area contributed by atoms with Crippen LogP contribution in [0.5, 0.6) is 0 Å². The average Bonchev–Trinajstić information content (AvgIpc) is 3.17. The van der Waals surface area contributed by atoms with Crippen molar-refractivity contribution in [2.45, 2.75) is 44.4 Å². The summed E-state index contributed by atoms with van der Waals surface area (Å²) in [5.41, 5.74) is -0.734. The van der Waals surface area contributed by atoms with Crippen molar-refractivity contribution in [2.24, 2.45) is 5.92 Å². The molecular weight excluding hydrogens is 409 g/mol. The SMILES string of the molecule is O=C([C@@H]1CCCN(c2ncccc2C(F)(F)F)C1)N1CCCN(C[C@H]2CCCO2)CC1. The molecule has 0 unspecified atom stereocenters. The van der Waals surface area contributed by atoms with E-state index in [0.29, 0.717) is 38.6 Å². The fraction of sp³-hybridized carbons (Fsp3) is 0.727. The molecule has 3 aliphatic rings. The van der Waals surface area contributed by atoms with E-state index in [1.54, 1.807) is 4.90 Å². The van der Waals surface area contributed by atoms with Gasteiger partial charge in [0.15, 0.2) is 0 Å². The van der Waals surface area contributed by atoms with Gasteiger partial charge >= 0.3 is 6.18 Å². The lowest BCUT2D eigenvalue weighted by Gasteiger charge is -2.36. The summed E-state index contributed by atoms with van der Waals surface area (Å²) < 4.78 is 46.0. The molecule has 4 heterocycles. The van der Waals surface area contributed by atoms with Gasteiger partial charge in [-0.3, -0.25) is 9.69 Å². The number of ether oxygens (including phenoxy) is 1. The molecule has 0 aromatic carbocycles. The fourth-order valence-corrected chi connectivity index (χ4v) is 4.95. The molecule has 3 saturated heterocycles. The predicted molar refractivity (Wildman–Crippen MR) is 111 cm³/mol. The molecule has 0 bridgehead atoms. The van der Waals surface area contributed by atoms with E-state index in [9.17, 15) is 18.0 Å². The predicted octanol–water partition coefficient (Wildman–Crippen LogP) is 3.03. The highest BCUT2D eigenvalue weighted by Crippen LogP contribution is 2.36. The minimum absolute atomic E-state index is 0.0631. The summed E-state index contributed by atoms with van der Waals surface area (Å²) in [6.45, 7) is 5.67. The van der Waals surface area contributed by atoms with E-state index >= 15 is 0 Å². The Hall–Kier alpha value is -1.87. The number of pyridine rings is 1. The Kier molecular flexibility index (Phi) is 7.01. The van der Waals surface area contributed by atoms with Crippen molar-refractivity contribution < 1.29 is 22.7 Å². The molecular formula is C22H31F3N4O2. The van der Waals surface area contributed by atoms with Crippen LogP contribution in [0, 0.1) is 5.92 Å². The van der Waals surface area contributed by atoms with E-state index in [-0.39, 0.29) is 24.2 Å². The van der Waals surface area contributed by atoms with Gasteiger partial charge in [0.1, 0.15) is 5.82 Å². The van der Waals surface area contributed by atoms with Crippen LogP contribution in [0.3, 0.4) is 0 Å². The Morgan fingerprint density at radius 3 is 2.74 bits per heavy atom. The van der Waals surface area contributed by atoms with Crippen molar-refractivity contribution in [2.75, 3.05) is 57.3 Å². The Balaban J connectivity index is 1.37. The summed E-state index contributed by atoms with van der Waals surface area (Å²) in [5.74, 6) is -0.291. The van der Waals surface area contributed by atoms with Crippen molar-refractivity contribution in [3.63, 3.8) is 0 Å². The van der Waals surface area contributed by atoms with Crippen molar-refractivity contribution in [1.82, 2.24) is 14.8 Å². The molecule has 31 heavy (non-hydrogen) atoms. The number of rotatable bonds is 4. The third-order valence-electron chi connectivity index (χ3n) is 6.55. The number of amides is 1. The average molecular weight is 441 g/mol.